The lowest BCUT2D eigenvalue weighted by atomic mass is 10.1. The van der Waals surface area contributed by atoms with Crippen molar-refractivity contribution in [2.75, 3.05) is 40.3 Å². The van der Waals surface area contributed by atoms with Crippen LogP contribution >= 0.6 is 31.9 Å². The SMILES string of the molecule is CC(NCC1CN(C)CCN1C)c1ccc(Br)cc1Br. The molecule has 1 saturated heterocycles. The molecule has 2 unspecified atom stereocenters. The topological polar surface area (TPSA) is 18.5 Å². The van der Waals surface area contributed by atoms with Crippen LogP contribution in [0.15, 0.2) is 27.1 Å². The van der Waals surface area contributed by atoms with Crippen LogP contribution in [0.2, 0.25) is 0 Å². The largest absolute Gasteiger partial charge is 0.309 e. The molecule has 0 radical (unpaired) electrons. The van der Waals surface area contributed by atoms with Gasteiger partial charge in [0.25, 0.3) is 0 Å². The summed E-state index contributed by atoms with van der Waals surface area (Å²) in [5, 5.41) is 3.67. The van der Waals surface area contributed by atoms with E-state index in [4.69, 9.17) is 0 Å². The van der Waals surface area contributed by atoms with E-state index >= 15 is 0 Å². The Morgan fingerprint density at radius 1 is 1.30 bits per heavy atom. The number of nitrogens with zero attached hydrogens (tertiary/aromatic N) is 2. The molecule has 1 N–H and O–H groups in total. The zero-order chi connectivity index (χ0) is 14.7. The van der Waals surface area contributed by atoms with Gasteiger partial charge < -0.3 is 10.2 Å². The first-order valence-corrected chi connectivity index (χ1v) is 8.63. The molecule has 5 heteroatoms. The van der Waals surface area contributed by atoms with E-state index in [2.05, 4.69) is 86.2 Å². The number of hydrogen-bond acceptors (Lipinski definition) is 3. The third kappa shape index (κ3) is 4.28. The van der Waals surface area contributed by atoms with Crippen LogP contribution in [0.3, 0.4) is 0 Å². The fraction of sp³-hybridized carbons (Fsp3) is 0.600. The summed E-state index contributed by atoms with van der Waals surface area (Å²) in [5.41, 5.74) is 1.31. The summed E-state index contributed by atoms with van der Waals surface area (Å²) >= 11 is 7.15. The molecule has 1 aromatic rings. The van der Waals surface area contributed by atoms with Gasteiger partial charge in [0.2, 0.25) is 0 Å². The minimum absolute atomic E-state index is 0.345. The van der Waals surface area contributed by atoms with E-state index in [9.17, 15) is 0 Å². The van der Waals surface area contributed by atoms with Gasteiger partial charge in [-0.2, -0.15) is 0 Å². The minimum atomic E-state index is 0.345. The summed E-state index contributed by atoms with van der Waals surface area (Å²) in [6.07, 6.45) is 0. The van der Waals surface area contributed by atoms with E-state index in [0.29, 0.717) is 12.1 Å². The monoisotopic (exact) mass is 403 g/mol. The predicted molar refractivity (Wildman–Crippen MR) is 92.2 cm³/mol. The number of likely N-dealkylation sites (N-methyl/N-ethyl adjacent to an activating group) is 2. The first-order valence-electron chi connectivity index (χ1n) is 7.04. The van der Waals surface area contributed by atoms with Gasteiger partial charge in [0.05, 0.1) is 0 Å². The summed E-state index contributed by atoms with van der Waals surface area (Å²) in [6.45, 7) is 6.70. The number of hydrogen-bond donors (Lipinski definition) is 1. The zero-order valence-corrected chi connectivity index (χ0v) is 15.5. The van der Waals surface area contributed by atoms with Gasteiger partial charge in [0.1, 0.15) is 0 Å². The number of halogens is 2. The summed E-state index contributed by atoms with van der Waals surface area (Å²) in [6, 6.07) is 7.30. The van der Waals surface area contributed by atoms with Gasteiger partial charge in [-0.1, -0.05) is 37.9 Å². The van der Waals surface area contributed by atoms with Gasteiger partial charge >= 0.3 is 0 Å². The van der Waals surface area contributed by atoms with Crippen molar-refractivity contribution in [1.82, 2.24) is 15.1 Å². The van der Waals surface area contributed by atoms with Crippen LogP contribution in [-0.4, -0.2) is 56.1 Å². The van der Waals surface area contributed by atoms with Crippen LogP contribution in [0.1, 0.15) is 18.5 Å². The van der Waals surface area contributed by atoms with Crippen molar-refractivity contribution in [3.8, 4) is 0 Å². The van der Waals surface area contributed by atoms with Crippen molar-refractivity contribution in [3.05, 3.63) is 32.7 Å². The standard InChI is InChI=1S/C15H23Br2N3/c1-11(14-5-4-12(16)8-15(14)17)18-9-13-10-19(2)6-7-20(13)3/h4-5,8,11,13,18H,6-7,9-10H2,1-3H3. The zero-order valence-electron chi connectivity index (χ0n) is 12.4. The number of benzene rings is 1. The summed E-state index contributed by atoms with van der Waals surface area (Å²) in [5.74, 6) is 0. The second-order valence-electron chi connectivity index (χ2n) is 5.69. The average molecular weight is 405 g/mol. The molecule has 0 aromatic heterocycles. The molecule has 20 heavy (non-hydrogen) atoms. The smallest absolute Gasteiger partial charge is 0.0345 e. The molecule has 3 nitrogen and oxygen atoms in total. The molecule has 2 rings (SSSR count). The summed E-state index contributed by atoms with van der Waals surface area (Å²) in [7, 11) is 4.42. The number of nitrogens with one attached hydrogen (secondary N) is 1. The molecule has 1 aromatic carbocycles. The van der Waals surface area contributed by atoms with Gasteiger partial charge in [0.15, 0.2) is 0 Å². The van der Waals surface area contributed by atoms with Crippen molar-refractivity contribution in [2.45, 2.75) is 19.0 Å². The molecule has 0 amide bonds. The molecule has 0 saturated carbocycles. The Morgan fingerprint density at radius 3 is 2.75 bits per heavy atom. The normalized spacial score (nSPS) is 22.9. The molecular formula is C15H23Br2N3. The van der Waals surface area contributed by atoms with Gasteiger partial charge in [0, 0.05) is 47.2 Å². The maximum atomic E-state index is 3.67. The van der Waals surface area contributed by atoms with Gasteiger partial charge in [-0.3, -0.25) is 4.90 Å². The van der Waals surface area contributed by atoms with Crippen LogP contribution < -0.4 is 5.32 Å². The van der Waals surface area contributed by atoms with E-state index in [1.807, 2.05) is 0 Å². The molecule has 0 spiro atoms. The minimum Gasteiger partial charge on any atom is -0.309 e. The molecule has 1 aliphatic heterocycles. The maximum absolute atomic E-state index is 3.67. The number of rotatable bonds is 4. The van der Waals surface area contributed by atoms with Crippen molar-refractivity contribution in [3.63, 3.8) is 0 Å². The number of piperazine rings is 1. The second-order valence-corrected chi connectivity index (χ2v) is 7.46. The third-order valence-corrected chi connectivity index (χ3v) is 5.25. The molecular weight excluding hydrogens is 382 g/mol. The van der Waals surface area contributed by atoms with Gasteiger partial charge in [-0.15, -0.1) is 0 Å². The van der Waals surface area contributed by atoms with Gasteiger partial charge in [-0.25, -0.2) is 0 Å². The van der Waals surface area contributed by atoms with Crippen molar-refractivity contribution in [2.24, 2.45) is 0 Å². The molecule has 1 aliphatic rings. The van der Waals surface area contributed by atoms with Crippen LogP contribution in [0.4, 0.5) is 0 Å². The molecule has 2 atom stereocenters. The highest BCUT2D eigenvalue weighted by Crippen LogP contribution is 2.26. The lowest BCUT2D eigenvalue weighted by Gasteiger charge is -2.38. The molecule has 1 heterocycles. The maximum Gasteiger partial charge on any atom is 0.0345 e. The molecule has 0 bridgehead atoms. The quantitative estimate of drug-likeness (QED) is 0.831. The van der Waals surface area contributed by atoms with E-state index in [1.165, 1.54) is 12.1 Å². The van der Waals surface area contributed by atoms with Gasteiger partial charge in [-0.05, 0) is 38.7 Å². The Balaban J connectivity index is 1.92. The highest BCUT2D eigenvalue weighted by molar-refractivity contribution is 9.11. The fourth-order valence-electron chi connectivity index (χ4n) is 2.60. The van der Waals surface area contributed by atoms with Crippen LogP contribution in [0, 0.1) is 0 Å². The summed E-state index contributed by atoms with van der Waals surface area (Å²) < 4.78 is 2.26. The highest BCUT2D eigenvalue weighted by atomic mass is 79.9. The van der Waals surface area contributed by atoms with E-state index in [-0.39, 0.29) is 0 Å². The van der Waals surface area contributed by atoms with E-state index in [0.717, 1.165) is 28.6 Å². The van der Waals surface area contributed by atoms with E-state index in [1.54, 1.807) is 0 Å². The first kappa shape index (κ1) is 16.4. The van der Waals surface area contributed by atoms with Crippen molar-refractivity contribution >= 4 is 31.9 Å². The highest BCUT2D eigenvalue weighted by Gasteiger charge is 2.22. The predicted octanol–water partition coefficient (Wildman–Crippen LogP) is 3.11. The van der Waals surface area contributed by atoms with E-state index < -0.39 is 0 Å². The lowest BCUT2D eigenvalue weighted by molar-refractivity contribution is 0.112. The Morgan fingerprint density at radius 2 is 2.05 bits per heavy atom. The Kier molecular flexibility index (Phi) is 6.05. The first-order chi connectivity index (χ1) is 9.47. The van der Waals surface area contributed by atoms with Crippen LogP contribution in [0.5, 0.6) is 0 Å². The third-order valence-electron chi connectivity index (χ3n) is 4.07. The fourth-order valence-corrected chi connectivity index (χ4v) is 3.99. The Hall–Kier alpha value is 0.0600. The van der Waals surface area contributed by atoms with Crippen LogP contribution in [-0.2, 0) is 0 Å². The Labute approximate surface area is 139 Å². The second kappa shape index (κ2) is 7.36. The molecule has 112 valence electrons. The molecule has 1 fully saturated rings. The van der Waals surface area contributed by atoms with Crippen LogP contribution in [0.25, 0.3) is 0 Å². The average Bonchev–Trinajstić information content (AvgIpc) is 2.39. The lowest BCUT2D eigenvalue weighted by Crippen LogP contribution is -2.53. The summed E-state index contributed by atoms with van der Waals surface area (Å²) in [4.78, 5) is 4.86. The molecule has 0 aliphatic carbocycles. The van der Waals surface area contributed by atoms with Crippen molar-refractivity contribution < 1.29 is 0 Å². The Bertz CT molecular complexity index is 453. The van der Waals surface area contributed by atoms with Crippen molar-refractivity contribution in [1.29, 1.82) is 0 Å².